The Kier molecular flexibility index (Phi) is 7.52. The molecule has 4 heteroatoms. The topological polar surface area (TPSA) is 47.6 Å². The van der Waals surface area contributed by atoms with Crippen LogP contribution < -0.4 is 14.8 Å². The number of rotatable bonds is 9. The van der Waals surface area contributed by atoms with Crippen molar-refractivity contribution in [3.63, 3.8) is 0 Å². The lowest BCUT2D eigenvalue weighted by molar-refractivity contribution is -0.128. The van der Waals surface area contributed by atoms with Gasteiger partial charge in [-0.15, -0.1) is 0 Å². The molecule has 0 saturated heterocycles. The van der Waals surface area contributed by atoms with E-state index in [9.17, 15) is 4.79 Å². The maximum Gasteiger partial charge on any atom is 0.261 e. The minimum atomic E-state index is -0.470. The van der Waals surface area contributed by atoms with Crippen LogP contribution in [-0.4, -0.2) is 25.7 Å². The number of para-hydroxylation sites is 1. The molecular weight excluding hydrogens is 326 g/mol. The van der Waals surface area contributed by atoms with E-state index in [1.165, 1.54) is 5.56 Å². The zero-order chi connectivity index (χ0) is 18.9. The zero-order valence-corrected chi connectivity index (χ0v) is 16.2. The van der Waals surface area contributed by atoms with Crippen LogP contribution in [0.25, 0.3) is 0 Å². The molecule has 140 valence electrons. The summed E-state index contributed by atoms with van der Waals surface area (Å²) in [4.78, 5) is 12.4. The normalized spacial score (nSPS) is 11.7. The van der Waals surface area contributed by atoms with Crippen molar-refractivity contribution < 1.29 is 14.3 Å². The van der Waals surface area contributed by atoms with Crippen molar-refractivity contribution in [2.24, 2.45) is 0 Å². The molecule has 0 saturated carbocycles. The van der Waals surface area contributed by atoms with E-state index in [1.807, 2.05) is 51.1 Å². The smallest absolute Gasteiger partial charge is 0.261 e. The second-order valence-corrected chi connectivity index (χ2v) is 6.49. The van der Waals surface area contributed by atoms with Crippen LogP contribution in [0.2, 0.25) is 0 Å². The Morgan fingerprint density at radius 3 is 2.58 bits per heavy atom. The number of hydrogen-bond donors (Lipinski definition) is 1. The van der Waals surface area contributed by atoms with Gasteiger partial charge in [-0.05, 0) is 56.4 Å². The third-order valence-corrected chi connectivity index (χ3v) is 4.38. The summed E-state index contributed by atoms with van der Waals surface area (Å²) in [6, 6.07) is 14.0. The van der Waals surface area contributed by atoms with E-state index >= 15 is 0 Å². The molecule has 0 unspecified atom stereocenters. The van der Waals surface area contributed by atoms with Crippen molar-refractivity contribution >= 4 is 5.91 Å². The van der Waals surface area contributed by atoms with Gasteiger partial charge in [0.05, 0.1) is 7.11 Å². The van der Waals surface area contributed by atoms with Crippen LogP contribution in [0.4, 0.5) is 0 Å². The summed E-state index contributed by atoms with van der Waals surface area (Å²) in [7, 11) is 1.68. The van der Waals surface area contributed by atoms with Gasteiger partial charge in [-0.3, -0.25) is 4.79 Å². The Labute approximate surface area is 156 Å². The molecule has 0 heterocycles. The molecule has 2 aromatic carbocycles. The summed E-state index contributed by atoms with van der Waals surface area (Å²) in [6.07, 6.45) is 1.87. The third kappa shape index (κ3) is 5.51. The van der Waals surface area contributed by atoms with Gasteiger partial charge in [-0.25, -0.2) is 0 Å². The summed E-state index contributed by atoms with van der Waals surface area (Å²) < 4.78 is 11.3. The summed E-state index contributed by atoms with van der Waals surface area (Å²) >= 11 is 0. The predicted molar refractivity (Wildman–Crippen MR) is 105 cm³/mol. The van der Waals surface area contributed by atoms with E-state index in [-0.39, 0.29) is 5.91 Å². The van der Waals surface area contributed by atoms with Crippen molar-refractivity contribution in [2.45, 2.75) is 46.1 Å². The number of carbonyl (C=O) groups excluding carboxylic acids is 1. The first-order chi connectivity index (χ1) is 12.5. The molecule has 0 aliphatic carbocycles. The van der Waals surface area contributed by atoms with Crippen LogP contribution >= 0.6 is 0 Å². The standard InChI is InChI=1S/C22H29NO3/c1-5-19(26-20-13-12-16(2)15-17(20)3)22(24)23-14-8-10-18-9-6-7-11-21(18)25-4/h6-7,9,11-13,15,19H,5,8,10,14H2,1-4H3,(H,23,24)/t19-/m1/s1. The molecule has 0 bridgehead atoms. The number of ether oxygens (including phenoxy) is 2. The molecule has 0 spiro atoms. The number of nitrogens with one attached hydrogen (secondary N) is 1. The van der Waals surface area contributed by atoms with Crippen molar-refractivity contribution in [3.05, 3.63) is 59.2 Å². The Hall–Kier alpha value is -2.49. The van der Waals surface area contributed by atoms with E-state index in [0.717, 1.165) is 35.5 Å². The molecule has 2 aromatic rings. The van der Waals surface area contributed by atoms with Gasteiger partial charge in [0, 0.05) is 6.54 Å². The second-order valence-electron chi connectivity index (χ2n) is 6.49. The highest BCUT2D eigenvalue weighted by atomic mass is 16.5. The fraction of sp³-hybridized carbons (Fsp3) is 0.409. The van der Waals surface area contributed by atoms with Crippen LogP contribution in [0.15, 0.2) is 42.5 Å². The van der Waals surface area contributed by atoms with Gasteiger partial charge in [-0.1, -0.05) is 42.8 Å². The quantitative estimate of drug-likeness (QED) is 0.685. The third-order valence-electron chi connectivity index (χ3n) is 4.38. The Bertz CT molecular complexity index is 727. The van der Waals surface area contributed by atoms with Crippen LogP contribution in [0, 0.1) is 13.8 Å². The molecule has 4 nitrogen and oxygen atoms in total. The monoisotopic (exact) mass is 355 g/mol. The van der Waals surface area contributed by atoms with Crippen molar-refractivity contribution in [2.75, 3.05) is 13.7 Å². The minimum absolute atomic E-state index is 0.0625. The fourth-order valence-corrected chi connectivity index (χ4v) is 2.92. The lowest BCUT2D eigenvalue weighted by Gasteiger charge is -2.19. The van der Waals surface area contributed by atoms with Gasteiger partial charge in [0.15, 0.2) is 6.10 Å². The number of methoxy groups -OCH3 is 1. The lowest BCUT2D eigenvalue weighted by atomic mass is 10.1. The first-order valence-electron chi connectivity index (χ1n) is 9.18. The first kappa shape index (κ1) is 19.8. The van der Waals surface area contributed by atoms with Crippen molar-refractivity contribution in [3.8, 4) is 11.5 Å². The maximum absolute atomic E-state index is 12.4. The highest BCUT2D eigenvalue weighted by molar-refractivity contribution is 5.81. The van der Waals surface area contributed by atoms with Gasteiger partial charge in [-0.2, -0.15) is 0 Å². The van der Waals surface area contributed by atoms with E-state index in [4.69, 9.17) is 9.47 Å². The van der Waals surface area contributed by atoms with Crippen LogP contribution in [0.3, 0.4) is 0 Å². The van der Waals surface area contributed by atoms with Gasteiger partial charge in [0.2, 0.25) is 0 Å². The molecule has 0 fully saturated rings. The van der Waals surface area contributed by atoms with Gasteiger partial charge < -0.3 is 14.8 Å². The maximum atomic E-state index is 12.4. The molecule has 2 rings (SSSR count). The minimum Gasteiger partial charge on any atom is -0.496 e. The molecule has 1 amide bonds. The van der Waals surface area contributed by atoms with E-state index in [1.54, 1.807) is 7.11 Å². The Balaban J connectivity index is 1.83. The average Bonchev–Trinajstić information content (AvgIpc) is 2.64. The number of benzene rings is 2. The Morgan fingerprint density at radius 1 is 1.12 bits per heavy atom. The summed E-state index contributed by atoms with van der Waals surface area (Å²) in [6.45, 7) is 6.62. The fourth-order valence-electron chi connectivity index (χ4n) is 2.92. The van der Waals surface area contributed by atoms with Crippen molar-refractivity contribution in [1.29, 1.82) is 0 Å². The molecule has 0 aliphatic rings. The van der Waals surface area contributed by atoms with E-state index in [0.29, 0.717) is 13.0 Å². The van der Waals surface area contributed by atoms with Crippen molar-refractivity contribution in [1.82, 2.24) is 5.32 Å². The highest BCUT2D eigenvalue weighted by Gasteiger charge is 2.18. The molecule has 1 N–H and O–H groups in total. The van der Waals surface area contributed by atoms with Crippen LogP contribution in [0.1, 0.15) is 36.5 Å². The second kappa shape index (κ2) is 9.85. The summed E-state index contributed by atoms with van der Waals surface area (Å²) in [5.41, 5.74) is 3.39. The molecule has 0 aliphatic heterocycles. The number of carbonyl (C=O) groups is 1. The SMILES string of the molecule is CC[C@@H](Oc1ccc(C)cc1C)C(=O)NCCCc1ccccc1OC. The first-order valence-corrected chi connectivity index (χ1v) is 9.18. The van der Waals surface area contributed by atoms with E-state index < -0.39 is 6.10 Å². The molecule has 1 atom stereocenters. The predicted octanol–water partition coefficient (Wildman–Crippen LogP) is 4.22. The van der Waals surface area contributed by atoms with Crippen LogP contribution in [-0.2, 0) is 11.2 Å². The van der Waals surface area contributed by atoms with Gasteiger partial charge in [0.1, 0.15) is 11.5 Å². The molecule has 26 heavy (non-hydrogen) atoms. The molecule has 0 aromatic heterocycles. The van der Waals surface area contributed by atoms with Gasteiger partial charge in [0.25, 0.3) is 5.91 Å². The largest absolute Gasteiger partial charge is 0.496 e. The number of amides is 1. The molecular formula is C22H29NO3. The summed E-state index contributed by atoms with van der Waals surface area (Å²) in [5, 5.41) is 2.99. The van der Waals surface area contributed by atoms with Gasteiger partial charge >= 0.3 is 0 Å². The highest BCUT2D eigenvalue weighted by Crippen LogP contribution is 2.21. The number of hydrogen-bond acceptors (Lipinski definition) is 3. The summed E-state index contributed by atoms with van der Waals surface area (Å²) in [5.74, 6) is 1.60. The lowest BCUT2D eigenvalue weighted by Crippen LogP contribution is -2.38. The molecule has 0 radical (unpaired) electrons. The zero-order valence-electron chi connectivity index (χ0n) is 16.2. The number of aryl methyl sites for hydroxylation is 3. The van der Waals surface area contributed by atoms with E-state index in [2.05, 4.69) is 17.4 Å². The van der Waals surface area contributed by atoms with Crippen LogP contribution in [0.5, 0.6) is 11.5 Å². The Morgan fingerprint density at radius 2 is 1.88 bits per heavy atom. The average molecular weight is 355 g/mol.